The van der Waals surface area contributed by atoms with Crippen LogP contribution in [0.25, 0.3) is 0 Å². The molecule has 0 N–H and O–H groups in total. The van der Waals surface area contributed by atoms with Crippen LogP contribution in [0.2, 0.25) is 0 Å². The average molecular weight is 480 g/mol. The Labute approximate surface area is 175 Å². The van der Waals surface area contributed by atoms with E-state index in [4.69, 9.17) is 4.74 Å². The van der Waals surface area contributed by atoms with Crippen LogP contribution in [0.1, 0.15) is 57.4 Å². The molecule has 0 spiro atoms. The van der Waals surface area contributed by atoms with Crippen molar-refractivity contribution in [3.05, 3.63) is 103 Å². The van der Waals surface area contributed by atoms with Crippen molar-refractivity contribution in [2.45, 2.75) is 24.0 Å². The lowest BCUT2D eigenvalue weighted by molar-refractivity contribution is 0.0533. The summed E-state index contributed by atoms with van der Waals surface area (Å²) in [7, 11) is 0. The van der Waals surface area contributed by atoms with E-state index in [1.54, 1.807) is 0 Å². The fraction of sp³-hybridized carbons (Fsp3) is 0.250. The first-order chi connectivity index (χ1) is 13.2. The minimum Gasteiger partial charge on any atom is -0.365 e. The predicted octanol–water partition coefficient (Wildman–Crippen LogP) is 6.86. The minimum atomic E-state index is 0.202. The number of hydrogen-bond acceptors (Lipinski definition) is 1. The highest BCUT2D eigenvalue weighted by Gasteiger charge is 2.63. The lowest BCUT2D eigenvalue weighted by Crippen LogP contribution is -2.42. The summed E-state index contributed by atoms with van der Waals surface area (Å²) < 4.78 is 8.94. The van der Waals surface area contributed by atoms with Crippen LogP contribution in [-0.2, 0) is 4.74 Å². The number of halogens is 2. The highest BCUT2D eigenvalue weighted by molar-refractivity contribution is 9.13. The van der Waals surface area contributed by atoms with Crippen molar-refractivity contribution in [2.24, 2.45) is 11.8 Å². The minimum absolute atomic E-state index is 0.202. The monoisotopic (exact) mass is 478 g/mol. The molecule has 2 aliphatic heterocycles. The van der Waals surface area contributed by atoms with Crippen LogP contribution < -0.4 is 0 Å². The third-order valence-electron chi connectivity index (χ3n) is 7.28. The molecular weight excluding hydrogens is 464 g/mol. The predicted molar refractivity (Wildman–Crippen MR) is 112 cm³/mol. The fourth-order valence-electron chi connectivity index (χ4n) is 6.49. The Balaban J connectivity index is 1.51. The summed E-state index contributed by atoms with van der Waals surface area (Å²) in [6.45, 7) is 0. The maximum Gasteiger partial charge on any atom is 0.0878 e. The largest absolute Gasteiger partial charge is 0.365 e. The lowest BCUT2D eigenvalue weighted by Gasteiger charge is -2.51. The fourth-order valence-corrected chi connectivity index (χ4v) is 7.21. The summed E-state index contributed by atoms with van der Waals surface area (Å²) in [5, 5.41) is 0. The van der Waals surface area contributed by atoms with Crippen LogP contribution in [0, 0.1) is 11.8 Å². The normalized spacial score (nSPS) is 33.4. The number of benzene rings is 3. The highest BCUT2D eigenvalue weighted by atomic mass is 79.9. The Bertz CT molecular complexity index is 1000. The lowest BCUT2D eigenvalue weighted by atomic mass is 9.50. The summed E-state index contributed by atoms with van der Waals surface area (Å²) in [5.41, 5.74) is 8.87. The SMILES string of the molecule is Brc1cc2c(cc1Br)[C@@H]1O[C@@H]2[C@H]2C3c4ccccc4C(c4ccccc43)[C@@H]21. The van der Waals surface area contributed by atoms with E-state index in [1.807, 2.05) is 0 Å². The van der Waals surface area contributed by atoms with Crippen molar-refractivity contribution in [1.82, 2.24) is 0 Å². The molecule has 1 saturated heterocycles. The molecule has 0 saturated carbocycles. The van der Waals surface area contributed by atoms with Gasteiger partial charge >= 0.3 is 0 Å². The maximum atomic E-state index is 6.70. The smallest absolute Gasteiger partial charge is 0.0878 e. The first-order valence-electron chi connectivity index (χ1n) is 9.56. The number of ether oxygens (including phenoxy) is 1. The van der Waals surface area contributed by atoms with Gasteiger partial charge in [-0.15, -0.1) is 0 Å². The molecule has 132 valence electrons. The quantitative estimate of drug-likeness (QED) is 0.342. The first-order valence-corrected chi connectivity index (χ1v) is 11.1. The third-order valence-corrected chi connectivity index (χ3v) is 9.12. The molecule has 1 fully saturated rings. The Kier molecular flexibility index (Phi) is 2.95. The molecular formula is C24H16Br2O. The van der Waals surface area contributed by atoms with E-state index in [2.05, 4.69) is 92.5 Å². The van der Waals surface area contributed by atoms with Gasteiger partial charge in [0.05, 0.1) is 12.2 Å². The zero-order valence-corrected chi connectivity index (χ0v) is 17.6. The highest BCUT2D eigenvalue weighted by Crippen LogP contribution is 2.72. The van der Waals surface area contributed by atoms with E-state index < -0.39 is 0 Å². The number of rotatable bonds is 0. The molecule has 3 heteroatoms. The van der Waals surface area contributed by atoms with Crippen molar-refractivity contribution in [1.29, 1.82) is 0 Å². The van der Waals surface area contributed by atoms with Crippen molar-refractivity contribution in [3.63, 3.8) is 0 Å². The van der Waals surface area contributed by atoms with E-state index in [0.717, 1.165) is 8.95 Å². The van der Waals surface area contributed by atoms with Gasteiger partial charge in [-0.3, -0.25) is 0 Å². The first kappa shape index (κ1) is 15.5. The molecule has 1 nitrogen and oxygen atoms in total. The summed E-state index contributed by atoms with van der Waals surface area (Å²) in [6.07, 6.45) is 0.405. The van der Waals surface area contributed by atoms with Gasteiger partial charge in [0.1, 0.15) is 0 Å². The molecule has 3 aliphatic carbocycles. The number of fused-ring (bicyclic) bond motifs is 5. The van der Waals surface area contributed by atoms with Crippen molar-refractivity contribution < 1.29 is 4.74 Å². The maximum absolute atomic E-state index is 6.70. The molecule has 27 heavy (non-hydrogen) atoms. The van der Waals surface area contributed by atoms with Gasteiger partial charge < -0.3 is 4.74 Å². The van der Waals surface area contributed by atoms with Crippen LogP contribution in [0.3, 0.4) is 0 Å². The van der Waals surface area contributed by atoms with Crippen LogP contribution in [-0.4, -0.2) is 0 Å². The van der Waals surface area contributed by atoms with Gasteiger partial charge in [-0.2, -0.15) is 0 Å². The van der Waals surface area contributed by atoms with E-state index in [-0.39, 0.29) is 12.2 Å². The third kappa shape index (κ3) is 1.75. The molecule has 2 heterocycles. The zero-order chi connectivity index (χ0) is 17.9. The molecule has 5 aliphatic rings. The van der Waals surface area contributed by atoms with Gasteiger partial charge in [0.25, 0.3) is 0 Å². The van der Waals surface area contributed by atoms with Crippen LogP contribution in [0.4, 0.5) is 0 Å². The van der Waals surface area contributed by atoms with Gasteiger partial charge in [0.2, 0.25) is 0 Å². The van der Waals surface area contributed by atoms with Gasteiger partial charge in [-0.1, -0.05) is 48.5 Å². The molecule has 0 aromatic heterocycles. The average Bonchev–Trinajstić information content (AvgIpc) is 3.26. The van der Waals surface area contributed by atoms with E-state index in [9.17, 15) is 0 Å². The molecule has 3 aromatic carbocycles. The molecule has 0 radical (unpaired) electrons. The zero-order valence-electron chi connectivity index (χ0n) is 14.4. The van der Waals surface area contributed by atoms with Gasteiger partial charge in [0, 0.05) is 32.6 Å². The van der Waals surface area contributed by atoms with Gasteiger partial charge in [-0.05, 0) is 77.4 Å². The van der Waals surface area contributed by atoms with Crippen molar-refractivity contribution >= 4 is 31.9 Å². The van der Waals surface area contributed by atoms with Crippen LogP contribution in [0.5, 0.6) is 0 Å². The van der Waals surface area contributed by atoms with E-state index in [0.29, 0.717) is 23.7 Å². The standard InChI is InChI=1S/C24H16Br2O/c25-17-9-15-16(10-18(17)26)24-22-20-12-6-2-1-5-11(12)19(21(22)23(15)27-24)13-7-3-4-8-14(13)20/h1-10,19-24H/t19?,20?,21-,22-,23-,24-/m0/s1. The molecule has 8 rings (SSSR count). The molecule has 0 unspecified atom stereocenters. The van der Waals surface area contributed by atoms with Crippen molar-refractivity contribution in [3.8, 4) is 0 Å². The summed E-state index contributed by atoms with van der Waals surface area (Å²) in [5.74, 6) is 1.95. The Morgan fingerprint density at radius 2 is 0.926 bits per heavy atom. The molecule has 4 atom stereocenters. The number of hydrogen-bond donors (Lipinski definition) is 0. The second-order valence-corrected chi connectivity index (χ2v) is 9.95. The second-order valence-electron chi connectivity index (χ2n) is 8.24. The van der Waals surface area contributed by atoms with Crippen LogP contribution >= 0.6 is 31.9 Å². The Morgan fingerprint density at radius 1 is 0.556 bits per heavy atom. The van der Waals surface area contributed by atoms with E-state index >= 15 is 0 Å². The topological polar surface area (TPSA) is 9.23 Å². The Hall–Kier alpha value is -1.42. The molecule has 0 amide bonds. The van der Waals surface area contributed by atoms with Crippen LogP contribution in [0.15, 0.2) is 69.6 Å². The van der Waals surface area contributed by atoms with Crippen molar-refractivity contribution in [2.75, 3.05) is 0 Å². The Morgan fingerprint density at radius 3 is 1.30 bits per heavy atom. The van der Waals surface area contributed by atoms with Gasteiger partial charge in [-0.25, -0.2) is 0 Å². The summed E-state index contributed by atoms with van der Waals surface area (Å²) in [4.78, 5) is 0. The van der Waals surface area contributed by atoms with Gasteiger partial charge in [0.15, 0.2) is 0 Å². The molecule has 3 aromatic rings. The second kappa shape index (κ2) is 5.14. The molecule has 4 bridgehead atoms. The van der Waals surface area contributed by atoms with E-state index in [1.165, 1.54) is 33.4 Å². The summed E-state index contributed by atoms with van der Waals surface area (Å²) in [6, 6.07) is 22.8. The summed E-state index contributed by atoms with van der Waals surface area (Å²) >= 11 is 7.40.